The van der Waals surface area contributed by atoms with Crippen molar-refractivity contribution in [3.63, 3.8) is 0 Å². The summed E-state index contributed by atoms with van der Waals surface area (Å²) in [4.78, 5) is 0. The summed E-state index contributed by atoms with van der Waals surface area (Å²) in [6, 6.07) is 0. The predicted octanol–water partition coefficient (Wildman–Crippen LogP) is 1.36. The Morgan fingerprint density at radius 3 is 2.29 bits per heavy atom. The van der Waals surface area contributed by atoms with E-state index >= 15 is 0 Å². The SMILES string of the molecule is C=CC[C@@H](OC)C(C)(C)[C@H](O)C[C@H](O)COC. The smallest absolute Gasteiger partial charge is 0.0798 e. The highest BCUT2D eigenvalue weighted by molar-refractivity contribution is 4.90. The lowest BCUT2D eigenvalue weighted by atomic mass is 9.77. The van der Waals surface area contributed by atoms with Crippen molar-refractivity contribution in [3.05, 3.63) is 12.7 Å². The van der Waals surface area contributed by atoms with Crippen molar-refractivity contribution in [1.82, 2.24) is 0 Å². The third-order valence-corrected chi connectivity index (χ3v) is 3.21. The molecule has 0 aromatic heterocycles. The monoisotopic (exact) mass is 246 g/mol. The van der Waals surface area contributed by atoms with Crippen LogP contribution in [0.25, 0.3) is 0 Å². The molecule has 0 saturated carbocycles. The number of aliphatic hydroxyl groups excluding tert-OH is 2. The van der Waals surface area contributed by atoms with Gasteiger partial charge in [0.15, 0.2) is 0 Å². The molecule has 4 nitrogen and oxygen atoms in total. The van der Waals surface area contributed by atoms with Gasteiger partial charge in [0.05, 0.1) is 24.9 Å². The first-order valence-corrected chi connectivity index (χ1v) is 5.88. The van der Waals surface area contributed by atoms with Crippen LogP contribution >= 0.6 is 0 Å². The molecule has 0 radical (unpaired) electrons. The zero-order valence-corrected chi connectivity index (χ0v) is 11.3. The molecule has 2 N–H and O–H groups in total. The fourth-order valence-corrected chi connectivity index (χ4v) is 1.89. The molecule has 0 fully saturated rings. The number of aliphatic hydroxyl groups is 2. The minimum atomic E-state index is -0.657. The van der Waals surface area contributed by atoms with Gasteiger partial charge in [-0.25, -0.2) is 0 Å². The van der Waals surface area contributed by atoms with Crippen molar-refractivity contribution < 1.29 is 19.7 Å². The number of methoxy groups -OCH3 is 2. The molecule has 0 aromatic carbocycles. The summed E-state index contributed by atoms with van der Waals surface area (Å²) in [7, 11) is 3.14. The van der Waals surface area contributed by atoms with Crippen molar-refractivity contribution in [3.8, 4) is 0 Å². The third-order valence-electron chi connectivity index (χ3n) is 3.21. The fraction of sp³-hybridized carbons (Fsp3) is 0.846. The van der Waals surface area contributed by atoms with E-state index in [0.29, 0.717) is 6.42 Å². The third kappa shape index (κ3) is 5.17. The van der Waals surface area contributed by atoms with Crippen LogP contribution in [0.15, 0.2) is 12.7 Å². The average Bonchev–Trinajstić information content (AvgIpc) is 2.25. The van der Waals surface area contributed by atoms with E-state index in [0.717, 1.165) is 0 Å². The van der Waals surface area contributed by atoms with Gasteiger partial charge >= 0.3 is 0 Å². The standard InChI is InChI=1S/C13H26O4/c1-6-7-12(17-5)13(2,3)11(15)8-10(14)9-16-4/h6,10-12,14-15H,1,7-9H2,2-5H3/t10-,11+,12+/m0/s1. The molecule has 0 aliphatic carbocycles. The van der Waals surface area contributed by atoms with Crippen LogP contribution in [-0.4, -0.2) is 49.4 Å². The van der Waals surface area contributed by atoms with Gasteiger partial charge in [0.25, 0.3) is 0 Å². The molecule has 3 atom stereocenters. The molecule has 0 bridgehead atoms. The molecule has 0 saturated heterocycles. The highest BCUT2D eigenvalue weighted by Gasteiger charge is 2.36. The van der Waals surface area contributed by atoms with Crippen molar-refractivity contribution >= 4 is 0 Å². The van der Waals surface area contributed by atoms with E-state index in [1.165, 1.54) is 7.11 Å². The molecule has 0 unspecified atom stereocenters. The van der Waals surface area contributed by atoms with Gasteiger partial charge in [-0.05, 0) is 6.42 Å². The molecule has 0 aromatic rings. The second-order valence-electron chi connectivity index (χ2n) is 4.93. The minimum Gasteiger partial charge on any atom is -0.392 e. The first kappa shape index (κ1) is 16.6. The number of hydrogen-bond acceptors (Lipinski definition) is 4. The van der Waals surface area contributed by atoms with E-state index in [9.17, 15) is 10.2 Å². The Balaban J connectivity index is 4.49. The van der Waals surface area contributed by atoms with Gasteiger partial charge in [0.2, 0.25) is 0 Å². The molecule has 0 amide bonds. The number of rotatable bonds is 9. The van der Waals surface area contributed by atoms with Gasteiger partial charge in [-0.2, -0.15) is 0 Å². The maximum atomic E-state index is 10.2. The lowest BCUT2D eigenvalue weighted by molar-refractivity contribution is -0.0857. The largest absolute Gasteiger partial charge is 0.392 e. The molecule has 4 heteroatoms. The quantitative estimate of drug-likeness (QED) is 0.603. The number of ether oxygens (including phenoxy) is 2. The lowest BCUT2D eigenvalue weighted by Crippen LogP contribution is -2.43. The van der Waals surface area contributed by atoms with Crippen LogP contribution in [-0.2, 0) is 9.47 Å². The van der Waals surface area contributed by atoms with Gasteiger partial charge in [-0.1, -0.05) is 19.9 Å². The van der Waals surface area contributed by atoms with Crippen molar-refractivity contribution in [2.75, 3.05) is 20.8 Å². The molecule has 17 heavy (non-hydrogen) atoms. The summed E-state index contributed by atoms with van der Waals surface area (Å²) in [5.41, 5.74) is -0.447. The van der Waals surface area contributed by atoms with E-state index in [2.05, 4.69) is 6.58 Å². The molecule has 102 valence electrons. The predicted molar refractivity (Wildman–Crippen MR) is 67.9 cm³/mol. The van der Waals surface area contributed by atoms with Gasteiger partial charge < -0.3 is 19.7 Å². The van der Waals surface area contributed by atoms with Gasteiger partial charge in [0, 0.05) is 26.1 Å². The molecule has 0 aliphatic heterocycles. The van der Waals surface area contributed by atoms with Gasteiger partial charge in [0.1, 0.15) is 0 Å². The van der Waals surface area contributed by atoms with Crippen LogP contribution in [0.1, 0.15) is 26.7 Å². The second-order valence-corrected chi connectivity index (χ2v) is 4.93. The normalized spacial score (nSPS) is 17.5. The Bertz CT molecular complexity index is 215. The summed E-state index contributed by atoms with van der Waals surface area (Å²) >= 11 is 0. The summed E-state index contributed by atoms with van der Waals surface area (Å²) in [5, 5.41) is 19.8. The van der Waals surface area contributed by atoms with Crippen LogP contribution < -0.4 is 0 Å². The van der Waals surface area contributed by atoms with E-state index < -0.39 is 17.6 Å². The summed E-state index contributed by atoms with van der Waals surface area (Å²) in [6.07, 6.45) is 1.28. The topological polar surface area (TPSA) is 58.9 Å². The van der Waals surface area contributed by atoms with E-state index in [1.54, 1.807) is 13.2 Å². The van der Waals surface area contributed by atoms with Gasteiger partial charge in [-0.3, -0.25) is 0 Å². The Hall–Kier alpha value is -0.420. The van der Waals surface area contributed by atoms with Crippen LogP contribution in [0.3, 0.4) is 0 Å². The Labute approximate surface area is 104 Å². The first-order valence-electron chi connectivity index (χ1n) is 5.88. The Kier molecular flexibility index (Phi) is 7.63. The molecule has 0 heterocycles. The zero-order valence-electron chi connectivity index (χ0n) is 11.3. The first-order chi connectivity index (χ1) is 7.89. The van der Waals surface area contributed by atoms with Gasteiger partial charge in [-0.15, -0.1) is 6.58 Å². The highest BCUT2D eigenvalue weighted by Crippen LogP contribution is 2.32. The minimum absolute atomic E-state index is 0.121. The molecule has 0 rings (SSSR count). The Morgan fingerprint density at radius 1 is 1.29 bits per heavy atom. The highest BCUT2D eigenvalue weighted by atomic mass is 16.5. The summed E-state index contributed by atoms with van der Waals surface area (Å²) < 4.78 is 10.2. The summed E-state index contributed by atoms with van der Waals surface area (Å²) in [5.74, 6) is 0. The maximum Gasteiger partial charge on any atom is 0.0798 e. The van der Waals surface area contributed by atoms with Crippen molar-refractivity contribution in [2.45, 2.75) is 45.0 Å². The molecular formula is C13H26O4. The lowest BCUT2D eigenvalue weighted by Gasteiger charge is -2.37. The van der Waals surface area contributed by atoms with Crippen LogP contribution in [0.5, 0.6) is 0 Å². The fourth-order valence-electron chi connectivity index (χ4n) is 1.89. The van der Waals surface area contributed by atoms with Crippen molar-refractivity contribution in [2.24, 2.45) is 5.41 Å². The average molecular weight is 246 g/mol. The van der Waals surface area contributed by atoms with E-state index in [1.807, 2.05) is 13.8 Å². The second kappa shape index (κ2) is 7.82. The number of hydrogen-bond donors (Lipinski definition) is 2. The van der Waals surface area contributed by atoms with Crippen LogP contribution in [0.4, 0.5) is 0 Å². The zero-order chi connectivity index (χ0) is 13.5. The maximum absolute atomic E-state index is 10.2. The molecular weight excluding hydrogens is 220 g/mol. The molecule has 0 aliphatic rings. The molecule has 0 spiro atoms. The Morgan fingerprint density at radius 2 is 1.88 bits per heavy atom. The van der Waals surface area contributed by atoms with Crippen LogP contribution in [0.2, 0.25) is 0 Å². The van der Waals surface area contributed by atoms with E-state index in [-0.39, 0.29) is 19.1 Å². The van der Waals surface area contributed by atoms with Crippen LogP contribution in [0, 0.1) is 5.41 Å². The van der Waals surface area contributed by atoms with Crippen molar-refractivity contribution in [1.29, 1.82) is 0 Å². The summed E-state index contributed by atoms with van der Waals surface area (Å²) in [6.45, 7) is 7.76. The van der Waals surface area contributed by atoms with E-state index in [4.69, 9.17) is 9.47 Å².